The Hall–Kier alpha value is -1.39. The smallest absolute Gasteiger partial charge is 0.293 e. The first kappa shape index (κ1) is 9.81. The molecule has 0 radical (unpaired) electrons. The topological polar surface area (TPSA) is 61.9 Å². The van der Waals surface area contributed by atoms with E-state index in [2.05, 4.69) is 15.2 Å². The predicted octanol–water partition coefficient (Wildman–Crippen LogP) is 1.31. The molecule has 2 heterocycles. The first-order chi connectivity index (χ1) is 7.84. The number of rotatable bonds is 2. The third-order valence-corrected chi connectivity index (χ3v) is 3.30. The first-order valence-corrected chi connectivity index (χ1v) is 6.06. The molecule has 1 aromatic heterocycles. The molecule has 3 rings (SSSR count). The Labute approximate surface area is 94.2 Å². The van der Waals surface area contributed by atoms with Crippen LogP contribution >= 0.6 is 0 Å². The molecular formula is C11H16N4O. The summed E-state index contributed by atoms with van der Waals surface area (Å²) in [5.41, 5.74) is 0. The molecule has 2 aliphatic rings. The molecule has 1 saturated heterocycles. The number of piperidine rings is 1. The lowest BCUT2D eigenvalue weighted by Gasteiger charge is -2.25. The van der Waals surface area contributed by atoms with Crippen molar-refractivity contribution in [1.29, 1.82) is 0 Å². The number of nitrogens with zero attached hydrogens (tertiary/aromatic N) is 3. The van der Waals surface area contributed by atoms with Crippen molar-refractivity contribution >= 4 is 5.91 Å². The molecule has 0 aromatic carbocycles. The lowest BCUT2D eigenvalue weighted by atomic mass is 10.1. The van der Waals surface area contributed by atoms with Crippen LogP contribution in [0.5, 0.6) is 0 Å². The Balaban J connectivity index is 1.71. The van der Waals surface area contributed by atoms with E-state index in [9.17, 15) is 4.79 Å². The molecule has 2 fully saturated rings. The van der Waals surface area contributed by atoms with Gasteiger partial charge in [-0.1, -0.05) is 0 Å². The van der Waals surface area contributed by atoms with Crippen molar-refractivity contribution in [2.45, 2.75) is 38.0 Å². The summed E-state index contributed by atoms with van der Waals surface area (Å²) in [6, 6.07) is 0. The van der Waals surface area contributed by atoms with Crippen LogP contribution < -0.4 is 0 Å². The quantitative estimate of drug-likeness (QED) is 0.817. The number of carbonyl (C=O) groups excluding carboxylic acids is 1. The van der Waals surface area contributed by atoms with Crippen molar-refractivity contribution in [3.05, 3.63) is 11.6 Å². The van der Waals surface area contributed by atoms with Crippen LogP contribution in [-0.4, -0.2) is 39.1 Å². The van der Waals surface area contributed by atoms with Gasteiger partial charge >= 0.3 is 0 Å². The van der Waals surface area contributed by atoms with E-state index in [0.717, 1.165) is 31.8 Å². The normalized spacial score (nSPS) is 21.1. The van der Waals surface area contributed by atoms with Gasteiger partial charge in [0.15, 0.2) is 0 Å². The maximum atomic E-state index is 12.0. The number of likely N-dealkylation sites (tertiary alicyclic amines) is 1. The maximum absolute atomic E-state index is 12.0. The molecule has 0 unspecified atom stereocenters. The van der Waals surface area contributed by atoms with Crippen LogP contribution in [0.4, 0.5) is 0 Å². The molecule has 0 atom stereocenters. The number of carbonyl (C=O) groups is 1. The largest absolute Gasteiger partial charge is 0.336 e. The minimum atomic E-state index is -0.0112. The van der Waals surface area contributed by atoms with Gasteiger partial charge in [0.25, 0.3) is 5.91 Å². The molecular weight excluding hydrogens is 204 g/mol. The Bertz CT molecular complexity index is 390. The lowest BCUT2D eigenvalue weighted by molar-refractivity contribution is 0.0712. The van der Waals surface area contributed by atoms with E-state index in [4.69, 9.17) is 0 Å². The van der Waals surface area contributed by atoms with Crippen LogP contribution in [0.2, 0.25) is 0 Å². The second-order valence-electron chi connectivity index (χ2n) is 4.67. The van der Waals surface area contributed by atoms with Crippen molar-refractivity contribution in [1.82, 2.24) is 20.1 Å². The number of aromatic nitrogens is 3. The third kappa shape index (κ3) is 1.81. The maximum Gasteiger partial charge on any atom is 0.293 e. The van der Waals surface area contributed by atoms with Gasteiger partial charge in [-0.15, -0.1) is 5.10 Å². The monoisotopic (exact) mass is 220 g/mol. The van der Waals surface area contributed by atoms with E-state index >= 15 is 0 Å². The fourth-order valence-electron chi connectivity index (χ4n) is 2.15. The number of hydrogen-bond acceptors (Lipinski definition) is 3. The van der Waals surface area contributed by atoms with Gasteiger partial charge in [0.05, 0.1) is 0 Å². The fourth-order valence-corrected chi connectivity index (χ4v) is 2.15. The molecule has 1 saturated carbocycles. The molecule has 1 N–H and O–H groups in total. The fraction of sp³-hybridized carbons (Fsp3) is 0.727. The van der Waals surface area contributed by atoms with Gasteiger partial charge in [0.1, 0.15) is 5.82 Å². The molecule has 1 aliphatic carbocycles. The van der Waals surface area contributed by atoms with Crippen molar-refractivity contribution in [3.63, 3.8) is 0 Å². The van der Waals surface area contributed by atoms with Gasteiger partial charge in [-0.25, -0.2) is 4.98 Å². The highest BCUT2D eigenvalue weighted by Gasteiger charge is 2.29. The van der Waals surface area contributed by atoms with Crippen molar-refractivity contribution in [3.8, 4) is 0 Å². The van der Waals surface area contributed by atoms with E-state index in [1.807, 2.05) is 4.90 Å². The zero-order valence-corrected chi connectivity index (χ0v) is 9.28. The van der Waals surface area contributed by atoms with E-state index in [-0.39, 0.29) is 5.91 Å². The standard InChI is InChI=1S/C11H16N4O/c16-11(15-6-2-1-3-7-15)10-12-9(13-14-10)8-4-5-8/h8H,1-7H2,(H,12,13,14). The van der Waals surface area contributed by atoms with Crippen molar-refractivity contribution in [2.75, 3.05) is 13.1 Å². The van der Waals surface area contributed by atoms with E-state index < -0.39 is 0 Å². The summed E-state index contributed by atoms with van der Waals surface area (Å²) in [4.78, 5) is 18.2. The predicted molar refractivity (Wildman–Crippen MR) is 58.1 cm³/mol. The van der Waals surface area contributed by atoms with Crippen LogP contribution in [0.25, 0.3) is 0 Å². The molecule has 1 aromatic rings. The summed E-state index contributed by atoms with van der Waals surface area (Å²) >= 11 is 0. The van der Waals surface area contributed by atoms with Gasteiger partial charge in [0, 0.05) is 19.0 Å². The van der Waals surface area contributed by atoms with E-state index in [0.29, 0.717) is 11.7 Å². The average Bonchev–Trinajstić information content (AvgIpc) is 3.08. The second-order valence-corrected chi connectivity index (χ2v) is 4.67. The number of aromatic amines is 1. The van der Waals surface area contributed by atoms with Gasteiger partial charge < -0.3 is 4.90 Å². The van der Waals surface area contributed by atoms with Crippen molar-refractivity contribution in [2.24, 2.45) is 0 Å². The average molecular weight is 220 g/mol. The Morgan fingerprint density at radius 1 is 1.25 bits per heavy atom. The highest BCUT2D eigenvalue weighted by molar-refractivity contribution is 5.90. The summed E-state index contributed by atoms with van der Waals surface area (Å²) in [5.74, 6) is 1.75. The zero-order valence-electron chi connectivity index (χ0n) is 9.28. The molecule has 16 heavy (non-hydrogen) atoms. The summed E-state index contributed by atoms with van der Waals surface area (Å²) < 4.78 is 0. The highest BCUT2D eigenvalue weighted by atomic mass is 16.2. The van der Waals surface area contributed by atoms with E-state index in [1.165, 1.54) is 19.3 Å². The lowest BCUT2D eigenvalue weighted by Crippen LogP contribution is -2.36. The minimum Gasteiger partial charge on any atom is -0.336 e. The van der Waals surface area contributed by atoms with Crippen LogP contribution in [0.3, 0.4) is 0 Å². The molecule has 86 valence electrons. The summed E-state index contributed by atoms with van der Waals surface area (Å²) in [6.07, 6.45) is 5.78. The van der Waals surface area contributed by atoms with Crippen LogP contribution in [-0.2, 0) is 0 Å². The number of H-pyrrole nitrogens is 1. The highest BCUT2D eigenvalue weighted by Crippen LogP contribution is 2.37. The number of amides is 1. The number of hydrogen-bond donors (Lipinski definition) is 1. The summed E-state index contributed by atoms with van der Waals surface area (Å²) in [5, 5.41) is 6.90. The molecule has 0 bridgehead atoms. The van der Waals surface area contributed by atoms with Crippen LogP contribution in [0.1, 0.15) is 54.5 Å². The number of nitrogens with one attached hydrogen (secondary N) is 1. The van der Waals surface area contributed by atoms with Gasteiger partial charge in [0.2, 0.25) is 5.82 Å². The Kier molecular flexibility index (Phi) is 2.38. The molecule has 0 spiro atoms. The third-order valence-electron chi connectivity index (χ3n) is 3.30. The Morgan fingerprint density at radius 2 is 2.00 bits per heavy atom. The molecule has 1 aliphatic heterocycles. The van der Waals surface area contributed by atoms with Gasteiger partial charge in [-0.2, -0.15) is 0 Å². The van der Waals surface area contributed by atoms with Gasteiger partial charge in [-0.05, 0) is 32.1 Å². The second kappa shape index (κ2) is 3.88. The molecule has 5 heteroatoms. The summed E-state index contributed by atoms with van der Waals surface area (Å²) in [7, 11) is 0. The first-order valence-electron chi connectivity index (χ1n) is 6.06. The van der Waals surface area contributed by atoms with Crippen LogP contribution in [0, 0.1) is 0 Å². The summed E-state index contributed by atoms with van der Waals surface area (Å²) in [6.45, 7) is 1.71. The molecule has 5 nitrogen and oxygen atoms in total. The molecule has 1 amide bonds. The van der Waals surface area contributed by atoms with Crippen molar-refractivity contribution < 1.29 is 4.79 Å². The van der Waals surface area contributed by atoms with E-state index in [1.54, 1.807) is 0 Å². The van der Waals surface area contributed by atoms with Gasteiger partial charge in [-0.3, -0.25) is 9.89 Å². The Morgan fingerprint density at radius 3 is 2.69 bits per heavy atom. The van der Waals surface area contributed by atoms with Crippen LogP contribution in [0.15, 0.2) is 0 Å². The zero-order chi connectivity index (χ0) is 11.0. The SMILES string of the molecule is O=C(c1n[nH]c(C2CC2)n1)N1CCCCC1. The minimum absolute atomic E-state index is 0.0112.